The lowest BCUT2D eigenvalue weighted by atomic mass is 10.7. The zero-order chi connectivity index (χ0) is 8.39. The highest BCUT2D eigenvalue weighted by atomic mass is 35.5. The third-order valence-corrected chi connectivity index (χ3v) is 1.55. The maximum Gasteiger partial charge on any atom is 0.237 e. The molecule has 0 radical (unpaired) electrons. The lowest BCUT2D eigenvalue weighted by Gasteiger charge is -1.97. The Bertz CT molecular complexity index is 371. The van der Waals surface area contributed by atoms with Crippen LogP contribution in [0.3, 0.4) is 0 Å². The first-order valence-corrected chi connectivity index (χ1v) is 3.72. The molecule has 4 nitrogen and oxygen atoms in total. The summed E-state index contributed by atoms with van der Waals surface area (Å²) in [6.07, 6.45) is 5.06. The van der Waals surface area contributed by atoms with Crippen LogP contribution in [-0.4, -0.2) is 19.5 Å². The Morgan fingerprint density at radius 3 is 2.58 bits per heavy atom. The quantitative estimate of drug-likeness (QED) is 0.665. The average molecular weight is 181 g/mol. The van der Waals surface area contributed by atoms with Gasteiger partial charge in [-0.05, 0) is 23.7 Å². The molecule has 0 aromatic carbocycles. The van der Waals surface area contributed by atoms with Gasteiger partial charge in [0.15, 0.2) is 0 Å². The molecule has 0 unspecified atom stereocenters. The number of rotatable bonds is 1. The van der Waals surface area contributed by atoms with Crippen LogP contribution in [0.2, 0.25) is 5.28 Å². The Kier molecular flexibility index (Phi) is 1.75. The summed E-state index contributed by atoms with van der Waals surface area (Å²) in [5.41, 5.74) is 0. The minimum Gasteiger partial charge on any atom is -0.293 e. The first kappa shape index (κ1) is 7.24. The lowest BCUT2D eigenvalue weighted by Crippen LogP contribution is -1.98. The van der Waals surface area contributed by atoms with E-state index in [1.807, 2.05) is 24.5 Å². The van der Waals surface area contributed by atoms with Crippen LogP contribution in [0.1, 0.15) is 0 Å². The second-order valence-electron chi connectivity index (χ2n) is 2.14. The van der Waals surface area contributed by atoms with E-state index in [2.05, 4.69) is 15.0 Å². The molecule has 0 aliphatic rings. The predicted molar refractivity (Wildman–Crippen MR) is 44.2 cm³/mol. The molecule has 0 spiro atoms. The van der Waals surface area contributed by atoms with E-state index in [1.165, 1.54) is 6.33 Å². The van der Waals surface area contributed by atoms with Crippen LogP contribution in [0.5, 0.6) is 0 Å². The van der Waals surface area contributed by atoms with E-state index in [1.54, 1.807) is 4.57 Å². The zero-order valence-electron chi connectivity index (χ0n) is 6.05. The number of halogens is 1. The highest BCUT2D eigenvalue weighted by molar-refractivity contribution is 6.28. The van der Waals surface area contributed by atoms with Crippen molar-refractivity contribution in [3.8, 4) is 5.95 Å². The first-order chi connectivity index (χ1) is 5.86. The van der Waals surface area contributed by atoms with Crippen molar-refractivity contribution >= 4 is 11.6 Å². The Morgan fingerprint density at radius 1 is 1.17 bits per heavy atom. The summed E-state index contributed by atoms with van der Waals surface area (Å²) in [6.45, 7) is 0. The van der Waals surface area contributed by atoms with Gasteiger partial charge in [0, 0.05) is 12.4 Å². The van der Waals surface area contributed by atoms with E-state index >= 15 is 0 Å². The highest BCUT2D eigenvalue weighted by Gasteiger charge is 1.98. The second kappa shape index (κ2) is 2.91. The van der Waals surface area contributed by atoms with Crippen molar-refractivity contribution in [3.05, 3.63) is 36.1 Å². The minimum absolute atomic E-state index is 0.203. The summed E-state index contributed by atoms with van der Waals surface area (Å²) in [7, 11) is 0. The Morgan fingerprint density at radius 2 is 1.92 bits per heavy atom. The van der Waals surface area contributed by atoms with Crippen LogP contribution >= 0.6 is 11.6 Å². The van der Waals surface area contributed by atoms with Crippen LogP contribution < -0.4 is 0 Å². The van der Waals surface area contributed by atoms with Crippen molar-refractivity contribution in [2.24, 2.45) is 0 Å². The minimum atomic E-state index is 0.203. The molecule has 5 heteroatoms. The molecule has 0 aliphatic heterocycles. The van der Waals surface area contributed by atoms with Crippen LogP contribution in [0.25, 0.3) is 5.95 Å². The molecular formula is C7H5ClN4. The van der Waals surface area contributed by atoms with Crippen molar-refractivity contribution in [1.29, 1.82) is 0 Å². The van der Waals surface area contributed by atoms with E-state index in [9.17, 15) is 0 Å². The van der Waals surface area contributed by atoms with E-state index in [0.717, 1.165) is 0 Å². The van der Waals surface area contributed by atoms with Crippen LogP contribution in [0, 0.1) is 0 Å². The van der Waals surface area contributed by atoms with Gasteiger partial charge < -0.3 is 0 Å². The van der Waals surface area contributed by atoms with Crippen LogP contribution in [0.4, 0.5) is 0 Å². The molecule has 2 heterocycles. The summed E-state index contributed by atoms with van der Waals surface area (Å²) < 4.78 is 1.76. The molecular weight excluding hydrogens is 176 g/mol. The fraction of sp³-hybridized carbons (Fsp3) is 0. The van der Waals surface area contributed by atoms with Crippen molar-refractivity contribution in [1.82, 2.24) is 19.5 Å². The average Bonchev–Trinajstić information content (AvgIpc) is 2.56. The van der Waals surface area contributed by atoms with Crippen molar-refractivity contribution in [3.63, 3.8) is 0 Å². The van der Waals surface area contributed by atoms with E-state index in [0.29, 0.717) is 5.95 Å². The molecule has 0 atom stereocenters. The maximum atomic E-state index is 5.59. The lowest BCUT2D eigenvalue weighted by molar-refractivity contribution is 0.901. The number of hydrogen-bond acceptors (Lipinski definition) is 3. The van der Waals surface area contributed by atoms with Crippen molar-refractivity contribution < 1.29 is 0 Å². The number of hydrogen-bond donors (Lipinski definition) is 0. The molecule has 0 saturated heterocycles. The zero-order valence-corrected chi connectivity index (χ0v) is 6.81. The molecule has 2 aromatic heterocycles. The van der Waals surface area contributed by atoms with Crippen LogP contribution in [0.15, 0.2) is 30.9 Å². The summed E-state index contributed by atoms with van der Waals surface area (Å²) in [6, 6.07) is 3.77. The van der Waals surface area contributed by atoms with Crippen molar-refractivity contribution in [2.75, 3.05) is 0 Å². The Labute approximate surface area is 73.9 Å². The van der Waals surface area contributed by atoms with Gasteiger partial charge in [-0.25, -0.2) is 9.97 Å². The third kappa shape index (κ3) is 1.29. The fourth-order valence-electron chi connectivity index (χ4n) is 0.861. The van der Waals surface area contributed by atoms with E-state index in [4.69, 9.17) is 11.6 Å². The second-order valence-corrected chi connectivity index (χ2v) is 2.48. The monoisotopic (exact) mass is 180 g/mol. The molecule has 60 valence electrons. The smallest absolute Gasteiger partial charge is 0.237 e. The number of aromatic nitrogens is 4. The van der Waals surface area contributed by atoms with Gasteiger partial charge in [0.2, 0.25) is 11.2 Å². The molecule has 12 heavy (non-hydrogen) atoms. The highest BCUT2D eigenvalue weighted by Crippen LogP contribution is 2.03. The largest absolute Gasteiger partial charge is 0.293 e. The predicted octanol–water partition coefficient (Wildman–Crippen LogP) is 1.32. The van der Waals surface area contributed by atoms with Gasteiger partial charge in [-0.1, -0.05) is 0 Å². The molecule has 2 aromatic rings. The third-order valence-electron chi connectivity index (χ3n) is 1.37. The van der Waals surface area contributed by atoms with Gasteiger partial charge in [-0.2, -0.15) is 4.98 Å². The Balaban J connectivity index is 2.48. The normalized spacial score (nSPS) is 10.1. The summed E-state index contributed by atoms with van der Waals surface area (Å²) in [5.74, 6) is 0.528. The fourth-order valence-corrected chi connectivity index (χ4v) is 0.980. The molecule has 0 amide bonds. The van der Waals surface area contributed by atoms with Crippen molar-refractivity contribution in [2.45, 2.75) is 0 Å². The van der Waals surface area contributed by atoms with Crippen LogP contribution in [-0.2, 0) is 0 Å². The summed E-state index contributed by atoms with van der Waals surface area (Å²) in [5, 5.41) is 0.203. The van der Waals surface area contributed by atoms with Gasteiger partial charge >= 0.3 is 0 Å². The number of nitrogens with zero attached hydrogens (tertiary/aromatic N) is 4. The maximum absolute atomic E-state index is 5.59. The molecule has 0 fully saturated rings. The van der Waals surface area contributed by atoms with Gasteiger partial charge in [-0.15, -0.1) is 0 Å². The SMILES string of the molecule is Clc1ncnc(-n2cccc2)n1. The van der Waals surface area contributed by atoms with Gasteiger partial charge in [0.05, 0.1) is 0 Å². The van der Waals surface area contributed by atoms with Gasteiger partial charge in [-0.3, -0.25) is 4.57 Å². The summed E-state index contributed by atoms with van der Waals surface area (Å²) in [4.78, 5) is 11.5. The standard InChI is InChI=1S/C7H5ClN4/c8-6-9-5-10-7(11-6)12-3-1-2-4-12/h1-5H. The molecule has 0 bridgehead atoms. The van der Waals surface area contributed by atoms with Gasteiger partial charge in [0.25, 0.3) is 0 Å². The Hall–Kier alpha value is -1.42. The van der Waals surface area contributed by atoms with Gasteiger partial charge in [0.1, 0.15) is 6.33 Å². The molecule has 2 rings (SSSR count). The molecule has 0 aliphatic carbocycles. The molecule has 0 saturated carbocycles. The molecule has 0 N–H and O–H groups in total. The first-order valence-electron chi connectivity index (χ1n) is 3.34. The topological polar surface area (TPSA) is 43.6 Å². The summed E-state index contributed by atoms with van der Waals surface area (Å²) >= 11 is 5.59. The van der Waals surface area contributed by atoms with E-state index < -0.39 is 0 Å². The van der Waals surface area contributed by atoms with E-state index in [-0.39, 0.29) is 5.28 Å².